The van der Waals surface area contributed by atoms with Crippen molar-refractivity contribution in [2.24, 2.45) is 16.9 Å². The maximum Gasteiger partial charge on any atom is 0.277 e. The van der Waals surface area contributed by atoms with Crippen LogP contribution >= 0.6 is 34.5 Å². The lowest BCUT2D eigenvalue weighted by atomic mass is 9.79. The molecule has 204 valence electrons. The Bertz CT molecular complexity index is 1240. The van der Waals surface area contributed by atoms with Gasteiger partial charge in [-0.3, -0.25) is 0 Å². The van der Waals surface area contributed by atoms with Gasteiger partial charge in [-0.25, -0.2) is 24.8 Å². The van der Waals surface area contributed by atoms with Crippen LogP contribution in [0.15, 0.2) is 48.2 Å². The quantitative estimate of drug-likeness (QED) is 0.310. The normalized spacial score (nSPS) is 19.0. The van der Waals surface area contributed by atoms with Crippen molar-refractivity contribution in [2.75, 3.05) is 20.5 Å². The van der Waals surface area contributed by atoms with Crippen LogP contribution < -0.4 is 0 Å². The third kappa shape index (κ3) is 7.17. The summed E-state index contributed by atoms with van der Waals surface area (Å²) in [5, 5.41) is 29.2. The third-order valence-corrected chi connectivity index (χ3v) is 7.85. The summed E-state index contributed by atoms with van der Waals surface area (Å²) in [4.78, 5) is 22.5. The lowest BCUT2D eigenvalue weighted by Crippen LogP contribution is -2.49. The van der Waals surface area contributed by atoms with Gasteiger partial charge in [0.1, 0.15) is 36.8 Å². The molecule has 1 aromatic carbocycles. The number of nitro groups is 1. The van der Waals surface area contributed by atoms with Crippen molar-refractivity contribution in [3.05, 3.63) is 73.2 Å². The molecule has 0 radical (unpaired) electrons. The summed E-state index contributed by atoms with van der Waals surface area (Å²) < 4.78 is 7.41. The SMILES string of the molecule is CC(C1CC1)C(O)(Cn1cncn1)c1ccc(Cl)cc1.CN1COCN(Cc2cnc(Cl)s2)/C1=N/[N+](=O)[O-]. The number of halogens is 2. The Hall–Kier alpha value is -2.84. The fourth-order valence-corrected chi connectivity index (χ4v) is 5.42. The number of benzene rings is 1. The van der Waals surface area contributed by atoms with Crippen LogP contribution in [0.4, 0.5) is 0 Å². The fourth-order valence-electron chi connectivity index (χ4n) is 4.30. The third-order valence-electron chi connectivity index (χ3n) is 6.50. The van der Waals surface area contributed by atoms with E-state index >= 15 is 0 Å². The molecule has 1 aliphatic heterocycles. The molecular formula is C23H28Cl2N8O4S. The minimum absolute atomic E-state index is 0.174. The van der Waals surface area contributed by atoms with E-state index in [2.05, 4.69) is 27.1 Å². The minimum atomic E-state index is -0.945. The zero-order valence-corrected chi connectivity index (χ0v) is 23.2. The predicted octanol–water partition coefficient (Wildman–Crippen LogP) is 3.89. The van der Waals surface area contributed by atoms with Crippen LogP contribution in [0.1, 0.15) is 30.2 Å². The van der Waals surface area contributed by atoms with Crippen molar-refractivity contribution >= 4 is 40.5 Å². The van der Waals surface area contributed by atoms with E-state index in [-0.39, 0.29) is 25.3 Å². The lowest BCUT2D eigenvalue weighted by Gasteiger charge is -2.35. The minimum Gasteiger partial charge on any atom is -0.383 e. The maximum absolute atomic E-state index is 11.3. The smallest absolute Gasteiger partial charge is 0.277 e. The fraction of sp³-hybridized carbons (Fsp3) is 0.478. The van der Waals surface area contributed by atoms with Gasteiger partial charge in [0.25, 0.3) is 5.96 Å². The first-order valence-corrected chi connectivity index (χ1v) is 13.4. The summed E-state index contributed by atoms with van der Waals surface area (Å²) >= 11 is 13.0. The van der Waals surface area contributed by atoms with Gasteiger partial charge in [0.05, 0.1) is 13.1 Å². The number of hydrazone groups is 1. The molecule has 2 unspecified atom stereocenters. The van der Waals surface area contributed by atoms with E-state index in [1.807, 2.05) is 24.3 Å². The lowest BCUT2D eigenvalue weighted by molar-refractivity contribution is -0.486. The molecular weight excluding hydrogens is 555 g/mol. The van der Waals surface area contributed by atoms with Gasteiger partial charge >= 0.3 is 0 Å². The maximum atomic E-state index is 11.3. The molecule has 3 heterocycles. The highest BCUT2D eigenvalue weighted by Crippen LogP contribution is 2.46. The Labute approximate surface area is 233 Å². The zero-order valence-electron chi connectivity index (χ0n) is 20.9. The van der Waals surface area contributed by atoms with Crippen LogP contribution in [0.5, 0.6) is 0 Å². The van der Waals surface area contributed by atoms with Crippen LogP contribution in [-0.2, 0) is 23.4 Å². The van der Waals surface area contributed by atoms with E-state index in [0.717, 1.165) is 10.4 Å². The number of thiazole rings is 1. The second-order valence-corrected chi connectivity index (χ2v) is 11.4. The average Bonchev–Trinajstić information content (AvgIpc) is 3.46. The topological polar surface area (TPSA) is 135 Å². The van der Waals surface area contributed by atoms with E-state index in [1.54, 1.807) is 34.1 Å². The number of hydrogen-bond acceptors (Lipinski definition) is 8. The predicted molar refractivity (Wildman–Crippen MR) is 143 cm³/mol. The molecule has 15 heteroatoms. The molecule has 2 atom stereocenters. The van der Waals surface area contributed by atoms with Gasteiger partial charge in [-0.05, 0) is 42.4 Å². The molecule has 3 aromatic rings. The van der Waals surface area contributed by atoms with Gasteiger partial charge in [-0.15, -0.1) is 11.3 Å². The van der Waals surface area contributed by atoms with E-state index in [0.29, 0.717) is 28.5 Å². The molecule has 0 bridgehead atoms. The number of aromatic nitrogens is 4. The van der Waals surface area contributed by atoms with Crippen LogP contribution in [0.3, 0.4) is 0 Å². The van der Waals surface area contributed by atoms with Gasteiger partial charge in [-0.1, -0.05) is 42.3 Å². The molecule has 1 aliphatic carbocycles. The number of rotatable bonds is 8. The van der Waals surface area contributed by atoms with E-state index in [1.165, 1.54) is 30.5 Å². The van der Waals surface area contributed by atoms with E-state index in [9.17, 15) is 15.2 Å². The molecule has 2 fully saturated rings. The standard InChI is InChI=1S/C15H18ClN3O.C8H10ClN5O3S/c1-11(12-2-3-12)15(20,8-19-10-17-9-18-19)13-4-6-14(16)7-5-13;1-12-4-17-5-13(8(12)11-14(15)16)3-6-2-10-7(9)18-6/h4-7,9-12,20H,2-3,8H2,1H3;2H,3-5H2,1H3/b;11-8+. The van der Waals surface area contributed by atoms with E-state index < -0.39 is 10.6 Å². The molecule has 1 saturated heterocycles. The number of hydrogen-bond donors (Lipinski definition) is 1. The average molecular weight is 584 g/mol. The number of guanidine groups is 1. The zero-order chi connectivity index (χ0) is 27.3. The van der Waals surface area contributed by atoms with Crippen molar-refractivity contribution in [3.8, 4) is 0 Å². The van der Waals surface area contributed by atoms with Crippen molar-refractivity contribution in [1.82, 2.24) is 29.5 Å². The first kappa shape index (κ1) is 28.2. The molecule has 2 aliphatic rings. The second kappa shape index (κ2) is 12.3. The molecule has 5 rings (SSSR count). The van der Waals surface area contributed by atoms with Crippen molar-refractivity contribution in [2.45, 2.75) is 38.5 Å². The van der Waals surface area contributed by atoms with Crippen LogP contribution in [-0.4, -0.2) is 66.2 Å². The van der Waals surface area contributed by atoms with Gasteiger partial charge in [0.2, 0.25) is 0 Å². The summed E-state index contributed by atoms with van der Waals surface area (Å²) in [5.41, 5.74) is -0.0591. The number of aliphatic hydroxyl groups is 1. The summed E-state index contributed by atoms with van der Waals surface area (Å²) in [6.45, 7) is 3.45. The monoisotopic (exact) mass is 582 g/mol. The Balaban J connectivity index is 0.000000178. The summed E-state index contributed by atoms with van der Waals surface area (Å²) in [5.74, 6) is 1.02. The van der Waals surface area contributed by atoms with Crippen molar-refractivity contribution < 1.29 is 14.9 Å². The summed E-state index contributed by atoms with van der Waals surface area (Å²) in [6.07, 6.45) is 7.14. The van der Waals surface area contributed by atoms with Crippen LogP contribution in [0.25, 0.3) is 0 Å². The Morgan fingerprint density at radius 3 is 2.63 bits per heavy atom. The number of nitrogens with zero attached hydrogens (tertiary/aromatic N) is 8. The molecule has 1 saturated carbocycles. The van der Waals surface area contributed by atoms with Crippen LogP contribution in [0, 0.1) is 22.0 Å². The summed E-state index contributed by atoms with van der Waals surface area (Å²) in [7, 11) is 1.67. The Morgan fingerprint density at radius 2 is 2.05 bits per heavy atom. The summed E-state index contributed by atoms with van der Waals surface area (Å²) in [6, 6.07) is 7.45. The van der Waals surface area contributed by atoms with Gasteiger partial charge in [-0.2, -0.15) is 5.10 Å². The molecule has 38 heavy (non-hydrogen) atoms. The second-order valence-electron chi connectivity index (χ2n) is 9.23. The highest BCUT2D eigenvalue weighted by molar-refractivity contribution is 7.15. The number of ether oxygens (including phenoxy) is 1. The molecule has 2 aromatic heterocycles. The molecule has 12 nitrogen and oxygen atoms in total. The highest BCUT2D eigenvalue weighted by Gasteiger charge is 2.44. The first-order chi connectivity index (χ1) is 18.2. The van der Waals surface area contributed by atoms with Gasteiger partial charge in [0, 0.05) is 23.1 Å². The van der Waals surface area contributed by atoms with Crippen LogP contribution in [0.2, 0.25) is 9.49 Å². The van der Waals surface area contributed by atoms with Crippen molar-refractivity contribution in [3.63, 3.8) is 0 Å². The molecule has 0 amide bonds. The van der Waals surface area contributed by atoms with E-state index in [4.69, 9.17) is 27.9 Å². The van der Waals surface area contributed by atoms with Gasteiger partial charge < -0.3 is 19.6 Å². The molecule has 1 N–H and O–H groups in total. The van der Waals surface area contributed by atoms with Gasteiger partial charge in [0.15, 0.2) is 9.50 Å². The van der Waals surface area contributed by atoms with Crippen molar-refractivity contribution in [1.29, 1.82) is 0 Å². The highest BCUT2D eigenvalue weighted by atomic mass is 35.5. The Morgan fingerprint density at radius 1 is 1.32 bits per heavy atom. The largest absolute Gasteiger partial charge is 0.383 e. The Kier molecular flexibility index (Phi) is 9.15. The molecule has 0 spiro atoms. The first-order valence-electron chi connectivity index (χ1n) is 11.8.